The van der Waals surface area contributed by atoms with E-state index >= 15 is 0 Å². The van der Waals surface area contributed by atoms with Crippen molar-refractivity contribution >= 4 is 0 Å². The lowest BCUT2D eigenvalue weighted by Gasteiger charge is -2.11. The van der Waals surface area contributed by atoms with Gasteiger partial charge in [0.05, 0.1) is 24.2 Å². The van der Waals surface area contributed by atoms with Gasteiger partial charge >= 0.3 is 0 Å². The zero-order chi connectivity index (χ0) is 10.7. The van der Waals surface area contributed by atoms with Gasteiger partial charge in [0.2, 0.25) is 0 Å². The summed E-state index contributed by atoms with van der Waals surface area (Å²) in [5, 5.41) is 28.5. The molecule has 0 aliphatic carbocycles. The van der Waals surface area contributed by atoms with Crippen LogP contribution in [0.3, 0.4) is 0 Å². The van der Waals surface area contributed by atoms with Gasteiger partial charge < -0.3 is 5.11 Å². The third kappa shape index (κ3) is 2.15. The fourth-order valence-corrected chi connectivity index (χ4v) is 1.18. The van der Waals surface area contributed by atoms with Gasteiger partial charge in [0, 0.05) is 6.42 Å². The van der Waals surface area contributed by atoms with Gasteiger partial charge in [-0.3, -0.25) is 0 Å². The number of hydrogen-bond acceptors (Lipinski definition) is 5. The zero-order valence-corrected chi connectivity index (χ0v) is 7.63. The van der Waals surface area contributed by atoms with E-state index in [4.69, 9.17) is 0 Å². The van der Waals surface area contributed by atoms with Crippen molar-refractivity contribution in [2.45, 2.75) is 18.7 Å². The smallest absolute Gasteiger partial charge is 0.171 e. The molecule has 0 amide bonds. The summed E-state index contributed by atoms with van der Waals surface area (Å²) in [4.78, 5) is 0. The predicted octanol–water partition coefficient (Wildman–Crippen LogP) is -0.463. The topological polar surface area (TPSA) is 103 Å². The first-order chi connectivity index (χ1) is 7.27. The van der Waals surface area contributed by atoms with Gasteiger partial charge in [0.15, 0.2) is 6.17 Å². The summed E-state index contributed by atoms with van der Waals surface area (Å²) in [5.41, 5.74) is 0.569. The largest absolute Gasteiger partial charge is 0.389 e. The summed E-state index contributed by atoms with van der Waals surface area (Å²) >= 11 is 0. The van der Waals surface area contributed by atoms with Crippen LogP contribution in [0.2, 0.25) is 0 Å². The van der Waals surface area contributed by atoms with Crippen molar-refractivity contribution < 1.29 is 9.50 Å². The van der Waals surface area contributed by atoms with Gasteiger partial charge in [0.25, 0.3) is 0 Å². The van der Waals surface area contributed by atoms with Crippen LogP contribution >= 0.6 is 0 Å². The Labute approximate surface area is 83.7 Å². The number of hydrogen-bond donors (Lipinski definition) is 3. The molecule has 0 saturated carbocycles. The maximum Gasteiger partial charge on any atom is 0.171 e. The maximum absolute atomic E-state index is 13.5. The minimum absolute atomic E-state index is 0.0739. The SMILES string of the molecule is OC(Cc1cn[nH]n1)C(F)c1cn[nH]n1. The van der Waals surface area contributed by atoms with Crippen LogP contribution in [0.1, 0.15) is 17.6 Å². The molecule has 0 aliphatic rings. The average molecular weight is 212 g/mol. The first-order valence-electron chi connectivity index (χ1n) is 4.30. The van der Waals surface area contributed by atoms with Gasteiger partial charge in [-0.2, -0.15) is 30.8 Å². The number of alkyl halides is 1. The molecule has 0 bridgehead atoms. The number of aliphatic hydroxyl groups is 1. The number of H-pyrrole nitrogens is 2. The minimum atomic E-state index is -1.58. The molecule has 0 saturated heterocycles. The van der Waals surface area contributed by atoms with Crippen LogP contribution in [0.15, 0.2) is 12.4 Å². The fraction of sp³-hybridized carbons (Fsp3) is 0.429. The molecule has 2 heterocycles. The van der Waals surface area contributed by atoms with Crippen molar-refractivity contribution in [1.82, 2.24) is 30.8 Å². The Kier molecular flexibility index (Phi) is 2.68. The molecule has 7 nitrogen and oxygen atoms in total. The minimum Gasteiger partial charge on any atom is -0.389 e. The van der Waals surface area contributed by atoms with E-state index in [-0.39, 0.29) is 12.1 Å². The summed E-state index contributed by atoms with van der Waals surface area (Å²) < 4.78 is 13.5. The molecule has 2 aromatic heterocycles. The summed E-state index contributed by atoms with van der Waals surface area (Å²) in [6, 6.07) is 0. The molecule has 15 heavy (non-hydrogen) atoms. The van der Waals surface area contributed by atoms with Crippen LogP contribution in [-0.2, 0) is 6.42 Å². The molecule has 2 aromatic rings. The molecule has 0 aromatic carbocycles. The molecule has 2 unspecified atom stereocenters. The second-order valence-corrected chi connectivity index (χ2v) is 3.03. The highest BCUT2D eigenvalue weighted by Gasteiger charge is 2.23. The van der Waals surface area contributed by atoms with E-state index in [1.807, 2.05) is 0 Å². The lowest BCUT2D eigenvalue weighted by atomic mass is 10.1. The Balaban J connectivity index is 1.99. The van der Waals surface area contributed by atoms with E-state index in [1.165, 1.54) is 12.4 Å². The molecule has 0 spiro atoms. The van der Waals surface area contributed by atoms with Crippen LogP contribution in [0.4, 0.5) is 4.39 Å². The van der Waals surface area contributed by atoms with Gasteiger partial charge in [0.1, 0.15) is 5.69 Å². The molecular weight excluding hydrogens is 203 g/mol. The van der Waals surface area contributed by atoms with Crippen LogP contribution in [-0.4, -0.2) is 42.0 Å². The molecule has 80 valence electrons. The van der Waals surface area contributed by atoms with Crippen molar-refractivity contribution in [2.24, 2.45) is 0 Å². The number of aromatic amines is 2. The summed E-state index contributed by atoms with van der Waals surface area (Å²) in [6.07, 6.45) is -0.0550. The molecular formula is C7H9FN6O. The Bertz CT molecular complexity index is 388. The summed E-state index contributed by atoms with van der Waals surface area (Å²) in [6.45, 7) is 0. The lowest BCUT2D eigenvalue weighted by molar-refractivity contribution is 0.0747. The van der Waals surface area contributed by atoms with Crippen molar-refractivity contribution in [3.8, 4) is 0 Å². The normalized spacial score (nSPS) is 15.1. The van der Waals surface area contributed by atoms with Crippen molar-refractivity contribution in [3.05, 3.63) is 23.8 Å². The second-order valence-electron chi connectivity index (χ2n) is 3.03. The quantitative estimate of drug-likeness (QED) is 0.636. The molecule has 2 atom stereocenters. The van der Waals surface area contributed by atoms with Crippen LogP contribution < -0.4 is 0 Å². The van der Waals surface area contributed by atoms with Crippen LogP contribution in [0.25, 0.3) is 0 Å². The molecule has 0 radical (unpaired) electrons. The number of rotatable bonds is 4. The van der Waals surface area contributed by atoms with E-state index < -0.39 is 12.3 Å². The van der Waals surface area contributed by atoms with Crippen LogP contribution in [0, 0.1) is 0 Å². The molecule has 3 N–H and O–H groups in total. The van der Waals surface area contributed by atoms with Crippen molar-refractivity contribution in [3.63, 3.8) is 0 Å². The standard InChI is InChI=1S/C7H9FN6O/c8-7(5-3-10-14-12-5)6(15)1-4-2-9-13-11-4/h2-3,6-7,15H,1H2,(H,9,11,13)(H,10,12,14). The second kappa shape index (κ2) is 4.13. The van der Waals surface area contributed by atoms with Crippen molar-refractivity contribution in [1.29, 1.82) is 0 Å². The summed E-state index contributed by atoms with van der Waals surface area (Å²) in [5.74, 6) is 0. The Morgan fingerprint density at radius 2 is 2.00 bits per heavy atom. The van der Waals surface area contributed by atoms with Gasteiger partial charge in [-0.25, -0.2) is 4.39 Å². The Morgan fingerprint density at radius 3 is 2.60 bits per heavy atom. The number of nitrogens with zero attached hydrogens (tertiary/aromatic N) is 4. The van der Waals surface area contributed by atoms with Gasteiger partial charge in [-0.1, -0.05) is 0 Å². The maximum atomic E-state index is 13.5. The highest BCUT2D eigenvalue weighted by molar-refractivity contribution is 5.02. The van der Waals surface area contributed by atoms with Gasteiger partial charge in [-0.05, 0) is 0 Å². The average Bonchev–Trinajstić information content (AvgIpc) is 2.88. The van der Waals surface area contributed by atoms with E-state index in [9.17, 15) is 9.50 Å². The lowest BCUT2D eigenvalue weighted by Crippen LogP contribution is -2.18. The van der Waals surface area contributed by atoms with E-state index in [2.05, 4.69) is 30.8 Å². The monoisotopic (exact) mass is 212 g/mol. The van der Waals surface area contributed by atoms with E-state index in [0.29, 0.717) is 5.69 Å². The molecule has 0 aliphatic heterocycles. The van der Waals surface area contributed by atoms with E-state index in [1.54, 1.807) is 0 Å². The number of aromatic nitrogens is 6. The molecule has 0 fully saturated rings. The fourth-order valence-electron chi connectivity index (χ4n) is 1.18. The first-order valence-corrected chi connectivity index (χ1v) is 4.30. The van der Waals surface area contributed by atoms with Crippen molar-refractivity contribution in [2.75, 3.05) is 0 Å². The predicted molar refractivity (Wildman–Crippen MR) is 46.3 cm³/mol. The summed E-state index contributed by atoms with van der Waals surface area (Å²) in [7, 11) is 0. The number of aliphatic hydroxyl groups excluding tert-OH is 1. The number of halogens is 1. The highest BCUT2D eigenvalue weighted by Crippen LogP contribution is 2.20. The zero-order valence-electron chi connectivity index (χ0n) is 7.63. The Hall–Kier alpha value is -1.83. The van der Waals surface area contributed by atoms with E-state index in [0.717, 1.165) is 0 Å². The first kappa shape index (κ1) is 9.71. The number of nitrogens with one attached hydrogen (secondary N) is 2. The third-order valence-corrected chi connectivity index (χ3v) is 1.94. The molecule has 2 rings (SSSR count). The third-order valence-electron chi connectivity index (χ3n) is 1.94. The Morgan fingerprint density at radius 1 is 1.27 bits per heavy atom. The van der Waals surface area contributed by atoms with Crippen LogP contribution in [0.5, 0.6) is 0 Å². The van der Waals surface area contributed by atoms with Gasteiger partial charge in [-0.15, -0.1) is 0 Å². The highest BCUT2D eigenvalue weighted by atomic mass is 19.1. The molecule has 8 heteroatoms.